The molecule has 1 aromatic rings. The number of benzene rings is 1. The van der Waals surface area contributed by atoms with Gasteiger partial charge in [0, 0.05) is 12.1 Å². The van der Waals surface area contributed by atoms with Gasteiger partial charge in [0.15, 0.2) is 11.5 Å². The van der Waals surface area contributed by atoms with Crippen LogP contribution in [-0.4, -0.2) is 25.3 Å². The molecule has 3 N–H and O–H groups in total. The smallest absolute Gasteiger partial charge is 0.340 e. The SMILES string of the molecule is COC(=O)c1cc(O)c(OC)cc1N. The lowest BCUT2D eigenvalue weighted by atomic mass is 10.1. The van der Waals surface area contributed by atoms with Crippen LogP contribution in [0.25, 0.3) is 0 Å². The van der Waals surface area contributed by atoms with E-state index in [4.69, 9.17) is 10.5 Å². The number of phenols is 1. The summed E-state index contributed by atoms with van der Waals surface area (Å²) in [5.41, 5.74) is 5.87. The minimum Gasteiger partial charge on any atom is -0.504 e. The first-order valence-electron chi connectivity index (χ1n) is 3.85. The van der Waals surface area contributed by atoms with Crippen molar-refractivity contribution in [2.75, 3.05) is 20.0 Å². The van der Waals surface area contributed by atoms with Crippen LogP contribution in [0.1, 0.15) is 10.4 Å². The third kappa shape index (κ3) is 1.71. The molecule has 0 spiro atoms. The molecule has 0 aromatic heterocycles. The molecule has 1 rings (SSSR count). The van der Waals surface area contributed by atoms with Gasteiger partial charge in [-0.1, -0.05) is 0 Å². The highest BCUT2D eigenvalue weighted by Crippen LogP contribution is 2.30. The van der Waals surface area contributed by atoms with Crippen LogP contribution in [0.15, 0.2) is 12.1 Å². The van der Waals surface area contributed by atoms with Crippen molar-refractivity contribution < 1.29 is 19.4 Å². The van der Waals surface area contributed by atoms with E-state index < -0.39 is 5.97 Å². The Balaban J connectivity index is 3.21. The molecule has 0 aliphatic rings. The summed E-state index contributed by atoms with van der Waals surface area (Å²) < 4.78 is 9.29. The first-order valence-corrected chi connectivity index (χ1v) is 3.85. The predicted octanol–water partition coefficient (Wildman–Crippen LogP) is 0.770. The Morgan fingerprint density at radius 1 is 1.43 bits per heavy atom. The zero-order valence-electron chi connectivity index (χ0n) is 7.90. The molecule has 0 aliphatic heterocycles. The fraction of sp³-hybridized carbons (Fsp3) is 0.222. The van der Waals surface area contributed by atoms with E-state index in [0.29, 0.717) is 0 Å². The van der Waals surface area contributed by atoms with Crippen LogP contribution in [0.3, 0.4) is 0 Å². The number of rotatable bonds is 2. The summed E-state index contributed by atoms with van der Waals surface area (Å²) in [4.78, 5) is 11.1. The Labute approximate surface area is 81.0 Å². The number of ether oxygens (including phenoxy) is 2. The van der Waals surface area contributed by atoms with Gasteiger partial charge in [0.1, 0.15) is 0 Å². The Bertz CT molecular complexity index is 362. The summed E-state index contributed by atoms with van der Waals surface area (Å²) in [7, 11) is 2.63. The fourth-order valence-corrected chi connectivity index (χ4v) is 1.03. The quantitative estimate of drug-likeness (QED) is 0.415. The standard InChI is InChI=1S/C9H11NO4/c1-13-8-4-6(10)5(3-7(8)11)9(12)14-2/h3-4,11H,10H2,1-2H3. The number of nitrogens with two attached hydrogens (primary N) is 1. The van der Waals surface area contributed by atoms with Crippen molar-refractivity contribution in [3.63, 3.8) is 0 Å². The lowest BCUT2D eigenvalue weighted by Crippen LogP contribution is -2.05. The van der Waals surface area contributed by atoms with Crippen LogP contribution in [-0.2, 0) is 4.74 Å². The molecule has 0 saturated heterocycles. The number of phenolic OH excluding ortho intramolecular Hbond substituents is 1. The van der Waals surface area contributed by atoms with E-state index in [2.05, 4.69) is 4.74 Å². The van der Waals surface area contributed by atoms with Gasteiger partial charge in [-0.05, 0) is 0 Å². The molecule has 5 heteroatoms. The molecule has 0 fully saturated rings. The normalized spacial score (nSPS) is 9.57. The average molecular weight is 197 g/mol. The van der Waals surface area contributed by atoms with Gasteiger partial charge in [0.05, 0.1) is 25.5 Å². The van der Waals surface area contributed by atoms with Gasteiger partial charge in [-0.15, -0.1) is 0 Å². The van der Waals surface area contributed by atoms with Crippen LogP contribution in [0.2, 0.25) is 0 Å². The van der Waals surface area contributed by atoms with Gasteiger partial charge in [0.2, 0.25) is 0 Å². The van der Waals surface area contributed by atoms with Crippen molar-refractivity contribution in [3.8, 4) is 11.5 Å². The maximum atomic E-state index is 11.1. The molecule has 0 saturated carbocycles. The number of hydrogen-bond acceptors (Lipinski definition) is 5. The zero-order chi connectivity index (χ0) is 10.7. The van der Waals surface area contributed by atoms with Crippen LogP contribution in [0, 0.1) is 0 Å². The molecule has 76 valence electrons. The molecule has 1 aromatic carbocycles. The van der Waals surface area contributed by atoms with E-state index >= 15 is 0 Å². The Morgan fingerprint density at radius 3 is 2.57 bits per heavy atom. The Hall–Kier alpha value is -1.91. The molecular formula is C9H11NO4. The topological polar surface area (TPSA) is 81.8 Å². The minimum atomic E-state index is -0.597. The van der Waals surface area contributed by atoms with Crippen LogP contribution < -0.4 is 10.5 Å². The van der Waals surface area contributed by atoms with E-state index in [-0.39, 0.29) is 22.7 Å². The number of anilines is 1. The third-order valence-electron chi connectivity index (χ3n) is 1.76. The molecule has 5 nitrogen and oxygen atoms in total. The number of hydrogen-bond donors (Lipinski definition) is 2. The summed E-state index contributed by atoms with van der Waals surface area (Å²) >= 11 is 0. The second kappa shape index (κ2) is 3.87. The number of methoxy groups -OCH3 is 2. The van der Waals surface area contributed by atoms with Crippen molar-refractivity contribution in [3.05, 3.63) is 17.7 Å². The van der Waals surface area contributed by atoms with Gasteiger partial charge >= 0.3 is 5.97 Å². The molecule has 0 atom stereocenters. The van der Waals surface area contributed by atoms with Gasteiger partial charge in [-0.3, -0.25) is 0 Å². The third-order valence-corrected chi connectivity index (χ3v) is 1.76. The van der Waals surface area contributed by atoms with Crippen molar-refractivity contribution in [1.82, 2.24) is 0 Å². The fourth-order valence-electron chi connectivity index (χ4n) is 1.03. The molecule has 14 heavy (non-hydrogen) atoms. The zero-order valence-corrected chi connectivity index (χ0v) is 7.90. The van der Waals surface area contributed by atoms with E-state index in [1.807, 2.05) is 0 Å². The van der Waals surface area contributed by atoms with E-state index in [1.165, 1.54) is 26.4 Å². The lowest BCUT2D eigenvalue weighted by molar-refractivity contribution is 0.0601. The number of esters is 1. The number of carbonyl (C=O) groups is 1. The molecular weight excluding hydrogens is 186 g/mol. The monoisotopic (exact) mass is 197 g/mol. The first-order chi connectivity index (χ1) is 6.60. The average Bonchev–Trinajstić information content (AvgIpc) is 2.19. The molecule has 0 heterocycles. The van der Waals surface area contributed by atoms with E-state index in [1.54, 1.807) is 0 Å². The van der Waals surface area contributed by atoms with Crippen molar-refractivity contribution in [2.45, 2.75) is 0 Å². The second-order valence-electron chi connectivity index (χ2n) is 2.60. The highest BCUT2D eigenvalue weighted by molar-refractivity contribution is 5.96. The summed E-state index contributed by atoms with van der Waals surface area (Å²) in [5.74, 6) is -0.530. The van der Waals surface area contributed by atoms with Crippen LogP contribution in [0.4, 0.5) is 5.69 Å². The molecule has 0 unspecified atom stereocenters. The van der Waals surface area contributed by atoms with E-state index in [0.717, 1.165) is 0 Å². The van der Waals surface area contributed by atoms with Crippen molar-refractivity contribution in [1.29, 1.82) is 0 Å². The minimum absolute atomic E-state index is 0.116. The summed E-state index contributed by atoms with van der Waals surface area (Å²) in [6.07, 6.45) is 0. The number of carbonyl (C=O) groups excluding carboxylic acids is 1. The maximum Gasteiger partial charge on any atom is 0.340 e. The Kier molecular flexibility index (Phi) is 2.81. The van der Waals surface area contributed by atoms with Gasteiger partial charge < -0.3 is 20.3 Å². The summed E-state index contributed by atoms with van der Waals surface area (Å²) in [5, 5.41) is 9.37. The van der Waals surface area contributed by atoms with Gasteiger partial charge in [-0.2, -0.15) is 0 Å². The highest BCUT2D eigenvalue weighted by Gasteiger charge is 2.14. The van der Waals surface area contributed by atoms with Gasteiger partial charge in [-0.25, -0.2) is 4.79 Å². The Morgan fingerprint density at radius 2 is 2.07 bits per heavy atom. The largest absolute Gasteiger partial charge is 0.504 e. The number of nitrogen functional groups attached to an aromatic ring is 1. The molecule has 0 radical (unpaired) electrons. The second-order valence-corrected chi connectivity index (χ2v) is 2.60. The van der Waals surface area contributed by atoms with Gasteiger partial charge in [0.25, 0.3) is 0 Å². The highest BCUT2D eigenvalue weighted by atomic mass is 16.5. The predicted molar refractivity (Wildman–Crippen MR) is 50.4 cm³/mol. The number of aromatic hydroxyl groups is 1. The first kappa shape index (κ1) is 10.2. The lowest BCUT2D eigenvalue weighted by Gasteiger charge is -2.07. The maximum absolute atomic E-state index is 11.1. The van der Waals surface area contributed by atoms with Crippen molar-refractivity contribution in [2.24, 2.45) is 0 Å². The van der Waals surface area contributed by atoms with Crippen molar-refractivity contribution >= 4 is 11.7 Å². The van der Waals surface area contributed by atoms with Crippen LogP contribution in [0.5, 0.6) is 11.5 Å². The van der Waals surface area contributed by atoms with E-state index in [9.17, 15) is 9.90 Å². The summed E-state index contributed by atoms with van der Waals surface area (Å²) in [6, 6.07) is 2.57. The molecule has 0 bridgehead atoms. The molecule has 0 aliphatic carbocycles. The molecule has 0 amide bonds. The summed E-state index contributed by atoms with van der Waals surface area (Å²) in [6.45, 7) is 0. The van der Waals surface area contributed by atoms with Crippen LogP contribution >= 0.6 is 0 Å².